The normalized spacial score (nSPS) is 18.8. The fraction of sp³-hybridized carbons (Fsp3) is 0.400. The fourth-order valence-electron chi connectivity index (χ4n) is 3.39. The van der Waals surface area contributed by atoms with E-state index in [2.05, 4.69) is 15.4 Å². The second-order valence-corrected chi connectivity index (χ2v) is 7.44. The molecule has 8 heteroatoms. The summed E-state index contributed by atoms with van der Waals surface area (Å²) in [6.45, 7) is 7.17. The second-order valence-electron chi connectivity index (χ2n) is 7.44. The molecule has 1 aliphatic rings. The highest BCUT2D eigenvalue weighted by atomic mass is 19.1. The lowest BCUT2D eigenvalue weighted by molar-refractivity contribution is -0.137. The van der Waals surface area contributed by atoms with Gasteiger partial charge in [-0.05, 0) is 51.1 Å². The van der Waals surface area contributed by atoms with Gasteiger partial charge in [0.15, 0.2) is 5.79 Å². The van der Waals surface area contributed by atoms with Crippen LogP contribution in [-0.4, -0.2) is 39.8 Å². The molecule has 1 unspecified atom stereocenters. The van der Waals surface area contributed by atoms with Gasteiger partial charge in [-0.2, -0.15) is 5.10 Å². The standard InChI is InChI=1S/C20H23FN4O3/c1-12-17-8-13(9-22-10-16-11-27-20(2,3)28-16)19(26)23-18(17)25(24-12)15-6-4-14(21)5-7-15/h4-8,16,22H,9-11H2,1-3H3,(H,23,26). The summed E-state index contributed by atoms with van der Waals surface area (Å²) < 4.78 is 26.1. The van der Waals surface area contributed by atoms with E-state index in [4.69, 9.17) is 9.47 Å². The number of nitrogens with zero attached hydrogens (tertiary/aromatic N) is 2. The van der Waals surface area contributed by atoms with Crippen molar-refractivity contribution in [1.29, 1.82) is 0 Å². The van der Waals surface area contributed by atoms with Crippen molar-refractivity contribution in [3.63, 3.8) is 0 Å². The monoisotopic (exact) mass is 386 g/mol. The van der Waals surface area contributed by atoms with Crippen molar-refractivity contribution in [2.45, 2.75) is 39.2 Å². The van der Waals surface area contributed by atoms with Crippen LogP contribution in [0, 0.1) is 12.7 Å². The molecule has 7 nitrogen and oxygen atoms in total. The maximum Gasteiger partial charge on any atom is 0.254 e. The van der Waals surface area contributed by atoms with Crippen LogP contribution >= 0.6 is 0 Å². The van der Waals surface area contributed by atoms with Gasteiger partial charge in [0.2, 0.25) is 0 Å². The molecule has 4 rings (SSSR count). The van der Waals surface area contributed by atoms with Gasteiger partial charge in [0.25, 0.3) is 5.56 Å². The topological polar surface area (TPSA) is 81.2 Å². The number of halogens is 1. The number of H-pyrrole nitrogens is 1. The summed E-state index contributed by atoms with van der Waals surface area (Å²) >= 11 is 0. The Morgan fingerprint density at radius 2 is 2.11 bits per heavy atom. The average Bonchev–Trinajstić information content (AvgIpc) is 3.15. The molecule has 1 atom stereocenters. The maximum absolute atomic E-state index is 13.2. The Bertz CT molecular complexity index is 1060. The molecule has 1 aromatic carbocycles. The van der Waals surface area contributed by atoms with E-state index in [1.807, 2.05) is 26.8 Å². The van der Waals surface area contributed by atoms with E-state index in [1.54, 1.807) is 16.8 Å². The molecular formula is C20H23FN4O3. The predicted octanol–water partition coefficient (Wildman–Crippen LogP) is 2.40. The number of aromatic amines is 1. The molecule has 2 aromatic heterocycles. The average molecular weight is 386 g/mol. The van der Waals surface area contributed by atoms with Crippen molar-refractivity contribution in [2.75, 3.05) is 13.2 Å². The summed E-state index contributed by atoms with van der Waals surface area (Å²) in [6.07, 6.45) is -0.0409. The first-order valence-corrected chi connectivity index (χ1v) is 9.22. The van der Waals surface area contributed by atoms with Crippen molar-refractivity contribution in [3.05, 3.63) is 57.8 Å². The number of hydrogen-bond acceptors (Lipinski definition) is 5. The van der Waals surface area contributed by atoms with Gasteiger partial charge < -0.3 is 19.8 Å². The van der Waals surface area contributed by atoms with E-state index < -0.39 is 5.79 Å². The van der Waals surface area contributed by atoms with E-state index >= 15 is 0 Å². The first-order valence-electron chi connectivity index (χ1n) is 9.22. The van der Waals surface area contributed by atoms with Crippen LogP contribution < -0.4 is 10.9 Å². The highest BCUT2D eigenvalue weighted by molar-refractivity contribution is 5.80. The molecule has 1 fully saturated rings. The van der Waals surface area contributed by atoms with E-state index in [-0.39, 0.29) is 17.5 Å². The zero-order valence-corrected chi connectivity index (χ0v) is 16.1. The number of aryl methyl sites for hydroxylation is 1. The van der Waals surface area contributed by atoms with Crippen LogP contribution in [0.1, 0.15) is 25.1 Å². The maximum atomic E-state index is 13.2. The third kappa shape index (κ3) is 3.71. The lowest BCUT2D eigenvalue weighted by Gasteiger charge is -2.17. The van der Waals surface area contributed by atoms with Crippen LogP contribution in [0.3, 0.4) is 0 Å². The summed E-state index contributed by atoms with van der Waals surface area (Å²) in [7, 11) is 0. The Morgan fingerprint density at radius 3 is 2.79 bits per heavy atom. The van der Waals surface area contributed by atoms with Gasteiger partial charge in [0.05, 0.1) is 24.1 Å². The Balaban J connectivity index is 1.55. The number of nitrogens with one attached hydrogen (secondary N) is 2. The van der Waals surface area contributed by atoms with Crippen molar-refractivity contribution in [2.24, 2.45) is 0 Å². The Kier molecular flexibility index (Phi) is 4.78. The minimum atomic E-state index is -0.561. The summed E-state index contributed by atoms with van der Waals surface area (Å²) in [4.78, 5) is 15.5. The molecule has 0 spiro atoms. The van der Waals surface area contributed by atoms with E-state index in [0.717, 1.165) is 11.1 Å². The molecule has 0 aliphatic carbocycles. The SMILES string of the molecule is Cc1nn(-c2ccc(F)cc2)c2[nH]c(=O)c(CNCC3COC(C)(C)O3)cc12. The second kappa shape index (κ2) is 7.12. The molecule has 0 saturated carbocycles. The van der Waals surface area contributed by atoms with Crippen LogP contribution in [-0.2, 0) is 16.0 Å². The van der Waals surface area contributed by atoms with Crippen LogP contribution in [0.25, 0.3) is 16.7 Å². The van der Waals surface area contributed by atoms with E-state index in [9.17, 15) is 9.18 Å². The van der Waals surface area contributed by atoms with Gasteiger partial charge in [-0.3, -0.25) is 4.79 Å². The van der Waals surface area contributed by atoms with Gasteiger partial charge in [0.1, 0.15) is 11.5 Å². The highest BCUT2D eigenvalue weighted by Gasteiger charge is 2.32. The zero-order valence-electron chi connectivity index (χ0n) is 16.1. The summed E-state index contributed by atoms with van der Waals surface area (Å²) in [5.41, 5.74) is 2.49. The molecule has 0 amide bonds. The smallest absolute Gasteiger partial charge is 0.254 e. The summed E-state index contributed by atoms with van der Waals surface area (Å²) in [5.74, 6) is -0.881. The number of fused-ring (bicyclic) bond motifs is 1. The minimum Gasteiger partial charge on any atom is -0.348 e. The minimum absolute atomic E-state index is 0.0409. The first kappa shape index (κ1) is 18.8. The lowest BCUT2D eigenvalue weighted by atomic mass is 10.2. The van der Waals surface area contributed by atoms with Crippen molar-refractivity contribution in [3.8, 4) is 5.69 Å². The number of pyridine rings is 1. The van der Waals surface area contributed by atoms with Gasteiger partial charge >= 0.3 is 0 Å². The van der Waals surface area contributed by atoms with E-state index in [1.165, 1.54) is 12.1 Å². The van der Waals surface area contributed by atoms with Crippen molar-refractivity contribution in [1.82, 2.24) is 20.1 Å². The molecule has 3 heterocycles. The number of hydrogen-bond donors (Lipinski definition) is 2. The first-order chi connectivity index (χ1) is 13.3. The molecule has 2 N–H and O–H groups in total. The molecule has 1 saturated heterocycles. The molecule has 3 aromatic rings. The Labute approximate surface area is 161 Å². The Morgan fingerprint density at radius 1 is 1.36 bits per heavy atom. The largest absolute Gasteiger partial charge is 0.348 e. The molecule has 148 valence electrons. The van der Waals surface area contributed by atoms with Crippen LogP contribution in [0.15, 0.2) is 35.1 Å². The van der Waals surface area contributed by atoms with Gasteiger partial charge in [0, 0.05) is 24.0 Å². The third-order valence-corrected chi connectivity index (χ3v) is 4.77. The van der Waals surface area contributed by atoms with Crippen LogP contribution in [0.5, 0.6) is 0 Å². The van der Waals surface area contributed by atoms with Gasteiger partial charge in [-0.25, -0.2) is 9.07 Å². The van der Waals surface area contributed by atoms with Crippen LogP contribution in [0.4, 0.5) is 4.39 Å². The number of benzene rings is 1. The molecule has 0 radical (unpaired) electrons. The zero-order chi connectivity index (χ0) is 19.9. The summed E-state index contributed by atoms with van der Waals surface area (Å²) in [5, 5.41) is 8.60. The van der Waals surface area contributed by atoms with E-state index in [0.29, 0.717) is 36.6 Å². The number of ether oxygens (including phenoxy) is 2. The molecule has 28 heavy (non-hydrogen) atoms. The Hall–Kier alpha value is -2.55. The van der Waals surface area contributed by atoms with Crippen LogP contribution in [0.2, 0.25) is 0 Å². The van der Waals surface area contributed by atoms with Crippen molar-refractivity contribution < 1.29 is 13.9 Å². The van der Waals surface area contributed by atoms with Gasteiger partial charge in [-0.1, -0.05) is 0 Å². The third-order valence-electron chi connectivity index (χ3n) is 4.77. The highest BCUT2D eigenvalue weighted by Crippen LogP contribution is 2.22. The number of aromatic nitrogens is 3. The molecular weight excluding hydrogens is 363 g/mol. The molecule has 0 bridgehead atoms. The lowest BCUT2D eigenvalue weighted by Crippen LogP contribution is -2.31. The fourth-order valence-corrected chi connectivity index (χ4v) is 3.39. The predicted molar refractivity (Wildman–Crippen MR) is 103 cm³/mol. The molecule has 1 aliphatic heterocycles. The van der Waals surface area contributed by atoms with Gasteiger partial charge in [-0.15, -0.1) is 0 Å². The van der Waals surface area contributed by atoms with Crippen molar-refractivity contribution >= 4 is 11.0 Å². The number of rotatable bonds is 5. The quantitative estimate of drug-likeness (QED) is 0.704. The summed E-state index contributed by atoms with van der Waals surface area (Å²) in [6, 6.07) is 7.83.